The summed E-state index contributed by atoms with van der Waals surface area (Å²) in [5, 5.41) is 6.13. The van der Waals surface area contributed by atoms with Crippen LogP contribution in [0, 0.1) is 6.92 Å². The van der Waals surface area contributed by atoms with Gasteiger partial charge in [0.25, 0.3) is 0 Å². The van der Waals surface area contributed by atoms with Crippen LogP contribution in [0.2, 0.25) is 0 Å². The maximum Gasteiger partial charge on any atom is 0.0728 e. The highest BCUT2D eigenvalue weighted by Gasteiger charge is 2.37. The predicted molar refractivity (Wildman–Crippen MR) is 195 cm³/mol. The van der Waals surface area contributed by atoms with E-state index in [-0.39, 0.29) is 5.41 Å². The Morgan fingerprint density at radius 3 is 1.89 bits per heavy atom. The van der Waals surface area contributed by atoms with Crippen LogP contribution in [0.3, 0.4) is 0 Å². The number of aromatic nitrogens is 1. The van der Waals surface area contributed by atoms with E-state index in [0.29, 0.717) is 0 Å². The molecular formula is C45H33N. The van der Waals surface area contributed by atoms with Crippen molar-refractivity contribution < 1.29 is 0 Å². The van der Waals surface area contributed by atoms with Gasteiger partial charge in [-0.3, -0.25) is 0 Å². The Morgan fingerprint density at radius 1 is 0.435 bits per heavy atom. The molecule has 0 bridgehead atoms. The number of hydrogen-bond donors (Lipinski definition) is 0. The average molecular weight is 588 g/mol. The molecule has 0 aliphatic heterocycles. The van der Waals surface area contributed by atoms with Crippen LogP contribution in [0.15, 0.2) is 146 Å². The van der Waals surface area contributed by atoms with E-state index in [4.69, 9.17) is 4.98 Å². The summed E-state index contributed by atoms with van der Waals surface area (Å²) in [6.07, 6.45) is 0. The molecule has 0 saturated carbocycles. The third-order valence-corrected chi connectivity index (χ3v) is 10.1. The van der Waals surface area contributed by atoms with Crippen molar-refractivity contribution in [3.63, 3.8) is 0 Å². The molecule has 9 rings (SSSR count). The van der Waals surface area contributed by atoms with Crippen molar-refractivity contribution in [3.05, 3.63) is 162 Å². The van der Waals surface area contributed by atoms with Gasteiger partial charge in [0.2, 0.25) is 0 Å². The minimum absolute atomic E-state index is 0.0632. The molecule has 0 unspecified atom stereocenters. The summed E-state index contributed by atoms with van der Waals surface area (Å²) in [5.74, 6) is 0. The van der Waals surface area contributed by atoms with Crippen molar-refractivity contribution in [1.29, 1.82) is 0 Å². The molecule has 1 aromatic heterocycles. The van der Waals surface area contributed by atoms with Crippen LogP contribution in [0.25, 0.3) is 77.1 Å². The summed E-state index contributed by atoms with van der Waals surface area (Å²) < 4.78 is 0. The van der Waals surface area contributed by atoms with Gasteiger partial charge in [-0.15, -0.1) is 0 Å². The van der Waals surface area contributed by atoms with Crippen LogP contribution < -0.4 is 0 Å². The standard InChI is InChI=1S/C45H33N/c1-28-24-25-33-37(26-28)42(35-20-13-22-39-43(35)34-19-9-11-21-38(34)45(39,2)3)31-17-7-8-18-32(31)44(33)41-27-36(29-14-5-4-6-15-29)30-16-10-12-23-40(30)46-41/h4-27H,1-3H3. The smallest absolute Gasteiger partial charge is 0.0728 e. The third-order valence-electron chi connectivity index (χ3n) is 10.1. The molecule has 46 heavy (non-hydrogen) atoms. The van der Waals surface area contributed by atoms with Crippen LogP contribution in [0.5, 0.6) is 0 Å². The van der Waals surface area contributed by atoms with Crippen LogP contribution in [0.1, 0.15) is 30.5 Å². The van der Waals surface area contributed by atoms with E-state index in [1.54, 1.807) is 0 Å². The Bertz CT molecular complexity index is 2500. The summed E-state index contributed by atoms with van der Waals surface area (Å²) in [7, 11) is 0. The molecule has 7 aromatic carbocycles. The third kappa shape index (κ3) is 3.85. The van der Waals surface area contributed by atoms with Crippen LogP contribution in [-0.4, -0.2) is 4.98 Å². The lowest BCUT2D eigenvalue weighted by atomic mass is 9.80. The zero-order valence-corrected chi connectivity index (χ0v) is 26.3. The van der Waals surface area contributed by atoms with Gasteiger partial charge in [0.1, 0.15) is 0 Å². The maximum atomic E-state index is 5.36. The fraction of sp³-hybridized carbons (Fsp3) is 0.0889. The first-order chi connectivity index (χ1) is 22.5. The summed E-state index contributed by atoms with van der Waals surface area (Å²) >= 11 is 0. The van der Waals surface area contributed by atoms with Crippen molar-refractivity contribution in [2.45, 2.75) is 26.2 Å². The van der Waals surface area contributed by atoms with Gasteiger partial charge in [0.15, 0.2) is 0 Å². The number of para-hydroxylation sites is 1. The van der Waals surface area contributed by atoms with Gasteiger partial charge in [0.05, 0.1) is 11.2 Å². The lowest BCUT2D eigenvalue weighted by Crippen LogP contribution is -2.14. The number of fused-ring (bicyclic) bond motifs is 6. The lowest BCUT2D eigenvalue weighted by molar-refractivity contribution is 0.660. The van der Waals surface area contributed by atoms with E-state index in [1.165, 1.54) is 82.6 Å². The molecule has 0 N–H and O–H groups in total. The van der Waals surface area contributed by atoms with Crippen molar-refractivity contribution in [2.75, 3.05) is 0 Å². The monoisotopic (exact) mass is 587 g/mol. The molecule has 0 saturated heterocycles. The normalized spacial score (nSPS) is 13.3. The van der Waals surface area contributed by atoms with Gasteiger partial charge in [-0.1, -0.05) is 153 Å². The van der Waals surface area contributed by atoms with E-state index < -0.39 is 0 Å². The van der Waals surface area contributed by atoms with Crippen LogP contribution in [-0.2, 0) is 5.41 Å². The molecular weight excluding hydrogens is 555 g/mol. The summed E-state index contributed by atoms with van der Waals surface area (Å²) in [4.78, 5) is 5.36. The second-order valence-electron chi connectivity index (χ2n) is 13.2. The Kier molecular flexibility index (Phi) is 5.83. The fourth-order valence-electron chi connectivity index (χ4n) is 7.98. The van der Waals surface area contributed by atoms with E-state index in [1.807, 2.05) is 0 Å². The maximum absolute atomic E-state index is 5.36. The van der Waals surface area contributed by atoms with E-state index >= 15 is 0 Å². The van der Waals surface area contributed by atoms with Gasteiger partial charge in [-0.2, -0.15) is 0 Å². The second-order valence-corrected chi connectivity index (χ2v) is 13.2. The number of benzene rings is 7. The topological polar surface area (TPSA) is 12.9 Å². The Morgan fingerprint density at radius 2 is 1.07 bits per heavy atom. The highest BCUT2D eigenvalue weighted by molar-refractivity contribution is 6.23. The Labute approximate surface area is 269 Å². The molecule has 8 aromatic rings. The van der Waals surface area contributed by atoms with Gasteiger partial charge >= 0.3 is 0 Å². The van der Waals surface area contributed by atoms with Gasteiger partial charge in [-0.25, -0.2) is 4.98 Å². The lowest BCUT2D eigenvalue weighted by Gasteiger charge is -2.23. The molecule has 0 spiro atoms. The molecule has 1 aliphatic carbocycles. The molecule has 0 radical (unpaired) electrons. The summed E-state index contributed by atoms with van der Waals surface area (Å²) in [6.45, 7) is 6.93. The summed E-state index contributed by atoms with van der Waals surface area (Å²) in [5.41, 5.74) is 14.9. The van der Waals surface area contributed by atoms with Gasteiger partial charge in [0, 0.05) is 16.4 Å². The molecule has 1 aliphatic rings. The van der Waals surface area contributed by atoms with E-state index in [9.17, 15) is 0 Å². The first kappa shape index (κ1) is 26.8. The van der Waals surface area contributed by atoms with Crippen molar-refractivity contribution in [2.24, 2.45) is 0 Å². The van der Waals surface area contributed by atoms with Gasteiger partial charge in [-0.05, 0) is 85.1 Å². The zero-order valence-electron chi connectivity index (χ0n) is 26.3. The highest BCUT2D eigenvalue weighted by Crippen LogP contribution is 2.54. The minimum atomic E-state index is -0.0632. The number of nitrogens with zero attached hydrogens (tertiary/aromatic N) is 1. The molecule has 1 nitrogen and oxygen atoms in total. The Balaban J connectivity index is 1.42. The molecule has 0 fully saturated rings. The van der Waals surface area contributed by atoms with Crippen molar-refractivity contribution in [3.8, 4) is 44.6 Å². The molecule has 0 atom stereocenters. The molecule has 1 heteroatoms. The van der Waals surface area contributed by atoms with E-state index in [0.717, 1.165) is 11.2 Å². The predicted octanol–water partition coefficient (Wildman–Crippen LogP) is 12.2. The number of pyridine rings is 1. The fourth-order valence-corrected chi connectivity index (χ4v) is 7.98. The molecule has 0 amide bonds. The van der Waals surface area contributed by atoms with Crippen LogP contribution in [0.4, 0.5) is 0 Å². The average Bonchev–Trinajstić information content (AvgIpc) is 3.33. The van der Waals surface area contributed by atoms with Crippen molar-refractivity contribution >= 4 is 32.4 Å². The Hall–Kier alpha value is -5.53. The first-order valence-corrected chi connectivity index (χ1v) is 16.1. The minimum Gasteiger partial charge on any atom is -0.248 e. The van der Waals surface area contributed by atoms with E-state index in [2.05, 4.69) is 166 Å². The van der Waals surface area contributed by atoms with Crippen LogP contribution >= 0.6 is 0 Å². The number of aryl methyl sites for hydroxylation is 1. The quantitative estimate of drug-likeness (QED) is 0.187. The van der Waals surface area contributed by atoms with Gasteiger partial charge < -0.3 is 0 Å². The largest absolute Gasteiger partial charge is 0.248 e. The second kappa shape index (κ2) is 9.99. The zero-order chi connectivity index (χ0) is 31.0. The molecule has 218 valence electrons. The van der Waals surface area contributed by atoms with Crippen molar-refractivity contribution in [1.82, 2.24) is 4.98 Å². The number of hydrogen-bond acceptors (Lipinski definition) is 1. The summed E-state index contributed by atoms with van der Waals surface area (Å²) in [6, 6.07) is 53.3. The number of rotatable bonds is 3. The highest BCUT2D eigenvalue weighted by atomic mass is 14.7. The SMILES string of the molecule is Cc1ccc2c(-c3cc(-c4ccccc4)c4ccccc4n3)c3ccccc3c(-c3cccc4c3-c3ccccc3C4(C)C)c2c1. The molecule has 1 heterocycles. The first-order valence-electron chi connectivity index (χ1n) is 16.1.